The van der Waals surface area contributed by atoms with Gasteiger partial charge in [0.05, 0.1) is 0 Å². The van der Waals surface area contributed by atoms with E-state index in [1.54, 1.807) is 0 Å². The highest BCUT2D eigenvalue weighted by molar-refractivity contribution is 4.65. The second kappa shape index (κ2) is 17.8. The molecule has 21 heavy (non-hydrogen) atoms. The predicted octanol–water partition coefficient (Wildman–Crippen LogP) is 8.07. The molecule has 0 N–H and O–H groups in total. The second-order valence-corrected chi connectivity index (χ2v) is 7.00. The van der Waals surface area contributed by atoms with Gasteiger partial charge in [0.25, 0.3) is 0 Å². The molecule has 0 aromatic carbocycles. The van der Waals surface area contributed by atoms with Gasteiger partial charge in [0, 0.05) is 0 Å². The monoisotopic (exact) mass is 294 g/mol. The minimum absolute atomic E-state index is 0.962. The van der Waals surface area contributed by atoms with Crippen LogP contribution in [0.3, 0.4) is 0 Å². The summed E-state index contributed by atoms with van der Waals surface area (Å²) in [5, 5.41) is 0. The first kappa shape index (κ1) is 20.7. The van der Waals surface area contributed by atoms with Gasteiger partial charge in [0.1, 0.15) is 0 Å². The lowest BCUT2D eigenvalue weighted by atomic mass is 9.96. The molecule has 0 fully saturated rings. The molecule has 0 saturated carbocycles. The van der Waals surface area contributed by atoms with Gasteiger partial charge in [0.2, 0.25) is 0 Å². The Bertz CT molecular complexity index is 194. The largest absolute Gasteiger partial charge is 0.103 e. The second-order valence-electron chi connectivity index (χ2n) is 7.00. The lowest BCUT2D eigenvalue weighted by Gasteiger charge is -2.11. The Morgan fingerprint density at radius 3 is 1.57 bits per heavy atom. The summed E-state index contributed by atoms with van der Waals surface area (Å²) in [6.45, 7) is 8.53. The number of unbranched alkanes of at least 4 members (excludes halogenated alkanes) is 12. The maximum atomic E-state index is 3.78. The molecule has 0 amide bonds. The van der Waals surface area contributed by atoms with Crippen LogP contribution in [0.2, 0.25) is 0 Å². The Morgan fingerprint density at radius 1 is 0.667 bits per heavy atom. The molecule has 0 aliphatic rings. The first-order valence-corrected chi connectivity index (χ1v) is 9.92. The average molecular weight is 295 g/mol. The topological polar surface area (TPSA) is 0 Å². The third-order valence-electron chi connectivity index (χ3n) is 4.66. The van der Waals surface area contributed by atoms with Crippen molar-refractivity contribution in [2.75, 3.05) is 0 Å². The van der Waals surface area contributed by atoms with Crippen LogP contribution in [0.25, 0.3) is 0 Å². The average Bonchev–Trinajstić information content (AvgIpc) is 2.49. The molecule has 0 rings (SSSR count). The van der Waals surface area contributed by atoms with E-state index >= 15 is 0 Å². The maximum absolute atomic E-state index is 3.78. The molecular formula is C21H42. The van der Waals surface area contributed by atoms with Crippen LogP contribution in [0, 0.1) is 5.92 Å². The molecule has 0 aliphatic heterocycles. The zero-order valence-corrected chi connectivity index (χ0v) is 15.2. The van der Waals surface area contributed by atoms with Crippen molar-refractivity contribution >= 4 is 0 Å². The number of rotatable bonds is 17. The molecule has 0 saturated heterocycles. The van der Waals surface area contributed by atoms with Gasteiger partial charge in [0.15, 0.2) is 0 Å². The summed E-state index contributed by atoms with van der Waals surface area (Å²) in [6, 6.07) is 0. The number of allylic oxidation sites excluding steroid dienone is 1. The molecule has 0 aromatic rings. The normalized spacial score (nSPS) is 12.5. The van der Waals surface area contributed by atoms with Crippen molar-refractivity contribution in [1.82, 2.24) is 0 Å². The molecule has 126 valence electrons. The van der Waals surface area contributed by atoms with Gasteiger partial charge < -0.3 is 0 Å². The highest BCUT2D eigenvalue weighted by Crippen LogP contribution is 2.18. The van der Waals surface area contributed by atoms with Crippen molar-refractivity contribution < 1.29 is 0 Å². The SMILES string of the molecule is C=CCCCCCCCCCC(C)CCCCCCCC. The fourth-order valence-electron chi connectivity index (χ4n) is 3.08. The van der Waals surface area contributed by atoms with Crippen molar-refractivity contribution in [3.63, 3.8) is 0 Å². The van der Waals surface area contributed by atoms with E-state index in [-0.39, 0.29) is 0 Å². The molecular weight excluding hydrogens is 252 g/mol. The van der Waals surface area contributed by atoms with Crippen molar-refractivity contribution in [1.29, 1.82) is 0 Å². The van der Waals surface area contributed by atoms with E-state index in [4.69, 9.17) is 0 Å². The van der Waals surface area contributed by atoms with Gasteiger partial charge in [-0.05, 0) is 18.8 Å². The summed E-state index contributed by atoms with van der Waals surface area (Å²) in [4.78, 5) is 0. The number of hydrogen-bond acceptors (Lipinski definition) is 0. The Morgan fingerprint density at radius 2 is 1.10 bits per heavy atom. The van der Waals surface area contributed by atoms with Crippen LogP contribution in [0.15, 0.2) is 12.7 Å². The Kier molecular flexibility index (Phi) is 17.6. The van der Waals surface area contributed by atoms with E-state index in [1.807, 2.05) is 6.08 Å². The van der Waals surface area contributed by atoms with Crippen LogP contribution >= 0.6 is 0 Å². The third-order valence-corrected chi connectivity index (χ3v) is 4.66. The van der Waals surface area contributed by atoms with Crippen molar-refractivity contribution in [2.24, 2.45) is 5.92 Å². The summed E-state index contributed by atoms with van der Waals surface area (Å²) in [5.74, 6) is 0.962. The quantitative estimate of drug-likeness (QED) is 0.188. The van der Waals surface area contributed by atoms with E-state index < -0.39 is 0 Å². The van der Waals surface area contributed by atoms with Gasteiger partial charge in [-0.15, -0.1) is 6.58 Å². The van der Waals surface area contributed by atoms with Gasteiger partial charge >= 0.3 is 0 Å². The fraction of sp³-hybridized carbons (Fsp3) is 0.905. The first-order valence-electron chi connectivity index (χ1n) is 9.92. The van der Waals surface area contributed by atoms with Gasteiger partial charge in [-0.25, -0.2) is 0 Å². The zero-order valence-electron chi connectivity index (χ0n) is 15.2. The van der Waals surface area contributed by atoms with Gasteiger partial charge in [-0.3, -0.25) is 0 Å². The molecule has 1 atom stereocenters. The molecule has 0 aliphatic carbocycles. The van der Waals surface area contributed by atoms with Crippen LogP contribution in [0.4, 0.5) is 0 Å². The molecule has 0 nitrogen and oxygen atoms in total. The molecule has 0 heterocycles. The summed E-state index contributed by atoms with van der Waals surface area (Å²) in [5.41, 5.74) is 0. The molecule has 0 spiro atoms. The van der Waals surface area contributed by atoms with E-state index in [9.17, 15) is 0 Å². The smallest absolute Gasteiger partial charge is 0.0353 e. The summed E-state index contributed by atoms with van der Waals surface area (Å²) in [6.07, 6.45) is 24.8. The van der Waals surface area contributed by atoms with E-state index in [1.165, 1.54) is 103 Å². The first-order chi connectivity index (χ1) is 10.3. The predicted molar refractivity (Wildman–Crippen MR) is 98.9 cm³/mol. The zero-order chi connectivity index (χ0) is 15.6. The summed E-state index contributed by atoms with van der Waals surface area (Å²) < 4.78 is 0. The summed E-state index contributed by atoms with van der Waals surface area (Å²) >= 11 is 0. The van der Waals surface area contributed by atoms with Crippen molar-refractivity contribution in [3.05, 3.63) is 12.7 Å². The Hall–Kier alpha value is -0.260. The molecule has 1 unspecified atom stereocenters. The maximum Gasteiger partial charge on any atom is -0.0353 e. The van der Waals surface area contributed by atoms with Crippen LogP contribution < -0.4 is 0 Å². The van der Waals surface area contributed by atoms with E-state index in [0.717, 1.165) is 5.92 Å². The standard InChI is InChI=1S/C21H42/c1-4-6-8-10-12-13-14-16-18-20-21(3)19-17-15-11-9-7-5-2/h4,21H,1,5-20H2,2-3H3. The Balaban J connectivity index is 3.12. The highest BCUT2D eigenvalue weighted by Gasteiger charge is 2.02. The van der Waals surface area contributed by atoms with Crippen molar-refractivity contribution in [3.8, 4) is 0 Å². The van der Waals surface area contributed by atoms with Crippen LogP contribution in [-0.4, -0.2) is 0 Å². The fourth-order valence-corrected chi connectivity index (χ4v) is 3.08. The van der Waals surface area contributed by atoms with Crippen LogP contribution in [0.5, 0.6) is 0 Å². The van der Waals surface area contributed by atoms with Gasteiger partial charge in [-0.2, -0.15) is 0 Å². The summed E-state index contributed by atoms with van der Waals surface area (Å²) in [7, 11) is 0. The minimum atomic E-state index is 0.962. The van der Waals surface area contributed by atoms with Crippen LogP contribution in [0.1, 0.15) is 117 Å². The molecule has 0 aromatic heterocycles. The number of hydrogen-bond donors (Lipinski definition) is 0. The van der Waals surface area contributed by atoms with E-state index in [0.29, 0.717) is 0 Å². The molecule has 0 radical (unpaired) electrons. The highest BCUT2D eigenvalue weighted by atomic mass is 14.1. The Labute approximate surface area is 135 Å². The third kappa shape index (κ3) is 17.7. The lowest BCUT2D eigenvalue weighted by Crippen LogP contribution is -1.95. The molecule has 0 heteroatoms. The van der Waals surface area contributed by atoms with Crippen molar-refractivity contribution in [2.45, 2.75) is 117 Å². The van der Waals surface area contributed by atoms with E-state index in [2.05, 4.69) is 20.4 Å². The lowest BCUT2D eigenvalue weighted by molar-refractivity contribution is 0.431. The molecule has 0 bridgehead atoms. The van der Waals surface area contributed by atoms with Crippen LogP contribution in [-0.2, 0) is 0 Å². The van der Waals surface area contributed by atoms with Gasteiger partial charge in [-0.1, -0.05) is 110 Å². The minimum Gasteiger partial charge on any atom is -0.103 e.